The van der Waals surface area contributed by atoms with Crippen molar-refractivity contribution in [1.29, 1.82) is 0 Å². The van der Waals surface area contributed by atoms with Crippen molar-refractivity contribution < 1.29 is 122 Å². The minimum absolute atomic E-state index is 0. The van der Waals surface area contributed by atoms with E-state index in [2.05, 4.69) is 29.9 Å². The van der Waals surface area contributed by atoms with E-state index >= 15 is 0 Å². The minimum Gasteiger partial charge on any atom is -0.465 e. The molecule has 60 heavy (non-hydrogen) atoms. The maximum atomic E-state index is 11.9. The Morgan fingerprint density at radius 3 is 0.750 bits per heavy atom. The monoisotopic (exact) mass is 938 g/mol. The molecule has 22 nitrogen and oxygen atoms in total. The zero-order chi connectivity index (χ0) is 44.2. The summed E-state index contributed by atoms with van der Waals surface area (Å²) in [5, 5.41) is 0. The summed E-state index contributed by atoms with van der Waals surface area (Å²) >= 11 is 0. The van der Waals surface area contributed by atoms with Crippen LogP contribution in [-0.2, 0) is 26.3 Å². The van der Waals surface area contributed by atoms with Crippen LogP contribution in [0.3, 0.4) is 0 Å². The SMILES string of the molecule is COC(=O)c1cc(-c2ccccn2)nc(-c2ccccn2)c1.COC(=O)c1cc(-c2ccccn2)nc(-c2ccccn2)c1.[Co+3].[O-][Cl+3]([O-])([O-])[O-].[O-][Cl+3]([O-])([O-])[O-].[O-][Cl+3]([O-])([O-])[O-]. The Morgan fingerprint density at radius 2 is 0.600 bits per heavy atom. The van der Waals surface area contributed by atoms with Gasteiger partial charge in [0.1, 0.15) is 0 Å². The Bertz CT molecular complexity index is 1890. The molecule has 0 aliphatic carbocycles. The largest absolute Gasteiger partial charge is 3.00 e. The maximum Gasteiger partial charge on any atom is 3.00 e. The van der Waals surface area contributed by atoms with Gasteiger partial charge in [0.2, 0.25) is 0 Å². The number of hydrogen-bond donors (Lipinski definition) is 0. The fraction of sp³-hybridized carbons (Fsp3) is 0.0588. The van der Waals surface area contributed by atoms with Crippen molar-refractivity contribution in [3.8, 4) is 45.6 Å². The summed E-state index contributed by atoms with van der Waals surface area (Å²) in [6.45, 7) is 0. The standard InChI is InChI=1S/2C17H13N3O2.3ClHO4.Co/c2*1-22-17(21)12-10-15(13-6-2-4-8-18-13)20-16(11-12)14-7-3-5-9-19-14;3*2-1(3,4)5;/h2*2-11H,1H3;3*(H,2,3,4,5);/q;;;;;+3/p-3. The van der Waals surface area contributed by atoms with Gasteiger partial charge in [-0.2, -0.15) is 0 Å². The van der Waals surface area contributed by atoms with Gasteiger partial charge in [0, 0.05) is 24.8 Å². The first kappa shape index (κ1) is 52.8. The Labute approximate surface area is 355 Å². The quantitative estimate of drug-likeness (QED) is 0.140. The molecule has 0 aliphatic heterocycles. The number of carbonyl (C=O) groups excluding carboxylic acids is 2. The molecule has 0 bridgehead atoms. The second kappa shape index (κ2) is 25.4. The zero-order valence-electron chi connectivity index (χ0n) is 30.2. The van der Waals surface area contributed by atoms with Crippen LogP contribution in [0.15, 0.2) is 122 Å². The number of halogens is 3. The van der Waals surface area contributed by atoms with Crippen molar-refractivity contribution in [1.82, 2.24) is 29.9 Å². The van der Waals surface area contributed by atoms with Gasteiger partial charge < -0.3 is 9.47 Å². The molecule has 0 amide bonds. The fourth-order valence-electron chi connectivity index (χ4n) is 4.11. The smallest absolute Gasteiger partial charge is 0.465 e. The van der Waals surface area contributed by atoms with Crippen molar-refractivity contribution in [2.75, 3.05) is 14.2 Å². The molecule has 318 valence electrons. The molecule has 0 N–H and O–H groups in total. The zero-order valence-corrected chi connectivity index (χ0v) is 33.5. The van der Waals surface area contributed by atoms with Crippen molar-refractivity contribution in [3.63, 3.8) is 0 Å². The predicted octanol–water partition coefficient (Wildman–Crippen LogP) is -8.29. The van der Waals surface area contributed by atoms with Crippen LogP contribution in [0, 0.1) is 30.7 Å². The molecule has 0 aliphatic rings. The molecule has 0 aromatic carbocycles. The van der Waals surface area contributed by atoms with Crippen LogP contribution in [0.2, 0.25) is 0 Å². The van der Waals surface area contributed by atoms with E-state index in [1.54, 1.807) is 49.1 Å². The van der Waals surface area contributed by atoms with Gasteiger partial charge in [0.05, 0.1) is 70.9 Å². The number of methoxy groups -OCH3 is 2. The molecule has 26 heteroatoms. The first-order valence-corrected chi connectivity index (χ1v) is 19.0. The molecule has 6 rings (SSSR count). The number of rotatable bonds is 6. The summed E-state index contributed by atoms with van der Waals surface area (Å²) in [6, 6.07) is 28.8. The van der Waals surface area contributed by atoms with Crippen LogP contribution in [0.5, 0.6) is 0 Å². The number of ether oxygens (including phenoxy) is 2. The molecular weight excluding hydrogens is 914 g/mol. The van der Waals surface area contributed by atoms with Crippen molar-refractivity contribution in [3.05, 3.63) is 133 Å². The first-order valence-electron chi connectivity index (χ1n) is 15.3. The molecule has 0 radical (unpaired) electrons. The van der Waals surface area contributed by atoms with E-state index in [1.807, 2.05) is 72.8 Å². The number of hydrogen-bond acceptors (Lipinski definition) is 22. The van der Waals surface area contributed by atoms with Gasteiger partial charge in [-0.05, 0) is 72.8 Å². The predicted molar refractivity (Wildman–Crippen MR) is 164 cm³/mol. The van der Waals surface area contributed by atoms with Gasteiger partial charge in [-0.25, -0.2) is 75.5 Å². The second-order valence-electron chi connectivity index (χ2n) is 10.2. The van der Waals surface area contributed by atoms with Crippen LogP contribution in [-0.4, -0.2) is 56.1 Å². The molecule has 6 aromatic heterocycles. The first-order chi connectivity index (χ1) is 27.6. The summed E-state index contributed by atoms with van der Waals surface area (Å²) in [6.07, 6.45) is 6.73. The minimum atomic E-state index is -4.94. The summed E-state index contributed by atoms with van der Waals surface area (Å²) in [4.78, 5) is 50.0. The van der Waals surface area contributed by atoms with E-state index in [0.29, 0.717) is 56.7 Å². The number of esters is 2. The van der Waals surface area contributed by atoms with Gasteiger partial charge in [-0.15, -0.1) is 30.7 Å². The molecule has 0 unspecified atom stereocenters. The van der Waals surface area contributed by atoms with Gasteiger partial charge in [0.25, 0.3) is 0 Å². The normalized spacial score (nSPS) is 10.5. The molecular formula is C34H26Cl3CoN6O16. The molecule has 6 aromatic rings. The van der Waals surface area contributed by atoms with E-state index in [0.717, 1.165) is 0 Å². The molecule has 0 atom stereocenters. The van der Waals surface area contributed by atoms with Crippen molar-refractivity contribution >= 4 is 11.9 Å². The second-order valence-corrected chi connectivity index (χ2v) is 12.5. The number of nitrogens with zero attached hydrogens (tertiary/aromatic N) is 6. The number of pyridine rings is 6. The Morgan fingerprint density at radius 1 is 0.400 bits per heavy atom. The summed E-state index contributed by atoms with van der Waals surface area (Å²) in [5.41, 5.74) is 5.98. The third-order valence-corrected chi connectivity index (χ3v) is 6.20. The Kier molecular flexibility index (Phi) is 22.3. The van der Waals surface area contributed by atoms with E-state index < -0.39 is 42.7 Å². The van der Waals surface area contributed by atoms with Gasteiger partial charge in [-0.3, -0.25) is 19.9 Å². The van der Waals surface area contributed by atoms with Crippen molar-refractivity contribution in [2.45, 2.75) is 0 Å². The van der Waals surface area contributed by atoms with E-state index in [-0.39, 0.29) is 16.8 Å². The fourth-order valence-corrected chi connectivity index (χ4v) is 4.11. The van der Waals surface area contributed by atoms with Gasteiger partial charge in [0.15, 0.2) is 0 Å². The Balaban J connectivity index is 0.000000444. The number of aromatic nitrogens is 6. The van der Waals surface area contributed by atoms with E-state index in [4.69, 9.17) is 65.4 Å². The molecule has 0 saturated carbocycles. The maximum absolute atomic E-state index is 11.9. The van der Waals surface area contributed by atoms with Crippen LogP contribution >= 0.6 is 0 Å². The molecule has 0 saturated heterocycles. The third kappa shape index (κ3) is 22.8. The van der Waals surface area contributed by atoms with Crippen LogP contribution in [0.1, 0.15) is 20.7 Å². The Hall–Kier alpha value is -5.26. The average molecular weight is 940 g/mol. The molecule has 6 heterocycles. The van der Waals surface area contributed by atoms with E-state index in [9.17, 15) is 9.59 Å². The summed E-state index contributed by atoms with van der Waals surface area (Å²) < 4.78 is 112. The summed E-state index contributed by atoms with van der Waals surface area (Å²) in [5.74, 6) is -0.839. The molecule has 0 spiro atoms. The van der Waals surface area contributed by atoms with Gasteiger partial charge in [-0.1, -0.05) is 24.3 Å². The third-order valence-electron chi connectivity index (χ3n) is 6.20. The van der Waals surface area contributed by atoms with Crippen molar-refractivity contribution in [2.24, 2.45) is 0 Å². The average Bonchev–Trinajstić information content (AvgIpc) is 3.19. The van der Waals surface area contributed by atoms with Crippen LogP contribution in [0.4, 0.5) is 0 Å². The van der Waals surface area contributed by atoms with E-state index in [1.165, 1.54) is 14.2 Å². The van der Waals surface area contributed by atoms with Crippen LogP contribution in [0.25, 0.3) is 45.6 Å². The summed E-state index contributed by atoms with van der Waals surface area (Å²) in [7, 11) is -12.1. The van der Waals surface area contributed by atoms with Crippen LogP contribution < -0.4 is 55.9 Å². The number of carbonyl (C=O) groups is 2. The van der Waals surface area contributed by atoms with Gasteiger partial charge >= 0.3 is 28.7 Å². The topological polar surface area (TPSA) is 407 Å². The molecule has 0 fully saturated rings.